The van der Waals surface area contributed by atoms with Gasteiger partial charge in [0.2, 0.25) is 11.8 Å². The number of carbonyl (C=O) groups is 1. The number of hydrogen-bond donors (Lipinski definition) is 1. The van der Waals surface area contributed by atoms with E-state index in [1.807, 2.05) is 29.8 Å². The molecular formula is C27H30N8O3S. The summed E-state index contributed by atoms with van der Waals surface area (Å²) in [7, 11) is -0.489. The van der Waals surface area contributed by atoms with E-state index in [0.717, 1.165) is 35.0 Å². The number of pyridine rings is 1. The number of nitrogens with zero attached hydrogens (tertiary/aromatic N) is 7. The van der Waals surface area contributed by atoms with Gasteiger partial charge < -0.3 is 9.30 Å². The van der Waals surface area contributed by atoms with Crippen LogP contribution >= 0.6 is 0 Å². The number of fused-ring (bicyclic) bond motifs is 9. The predicted molar refractivity (Wildman–Crippen MR) is 151 cm³/mol. The Hall–Kier alpha value is -4.19. The van der Waals surface area contributed by atoms with Crippen molar-refractivity contribution in [1.82, 2.24) is 28.9 Å². The maximum atomic E-state index is 13.7. The van der Waals surface area contributed by atoms with Crippen molar-refractivity contribution < 1.29 is 13.7 Å². The van der Waals surface area contributed by atoms with Crippen LogP contribution in [-0.4, -0.2) is 58.2 Å². The Labute approximate surface area is 226 Å². The van der Waals surface area contributed by atoms with Gasteiger partial charge in [0.1, 0.15) is 0 Å². The smallest absolute Gasteiger partial charge is 0.258 e. The second kappa shape index (κ2) is 9.53. The van der Waals surface area contributed by atoms with Crippen LogP contribution in [0.2, 0.25) is 0 Å². The molecule has 11 nitrogen and oxygen atoms in total. The molecule has 1 amide bonds. The van der Waals surface area contributed by atoms with Crippen LogP contribution in [0.4, 0.5) is 11.6 Å². The number of amides is 1. The maximum Gasteiger partial charge on any atom is 0.258 e. The summed E-state index contributed by atoms with van der Waals surface area (Å²) in [6.45, 7) is 3.33. The molecule has 1 N–H and O–H groups in total. The number of carbonyl (C=O) groups excluding carboxylic acids is 1. The molecule has 1 aromatic carbocycles. The van der Waals surface area contributed by atoms with Crippen LogP contribution < -0.4 is 10.1 Å². The van der Waals surface area contributed by atoms with Crippen molar-refractivity contribution in [2.45, 2.75) is 26.3 Å². The summed E-state index contributed by atoms with van der Waals surface area (Å²) in [4.78, 5) is 18.4. The van der Waals surface area contributed by atoms with Crippen LogP contribution in [0.3, 0.4) is 0 Å². The van der Waals surface area contributed by atoms with Gasteiger partial charge in [0.05, 0.1) is 52.5 Å². The Balaban J connectivity index is 1.50. The van der Waals surface area contributed by atoms with Crippen LogP contribution in [0.5, 0.6) is 5.88 Å². The van der Waals surface area contributed by atoms with Crippen molar-refractivity contribution in [2.24, 2.45) is 17.3 Å². The molecule has 5 heterocycles. The second-order valence-corrected chi connectivity index (χ2v) is 12.9. The molecule has 0 fully saturated rings. The molecule has 5 aromatic rings. The molecule has 0 spiro atoms. The van der Waals surface area contributed by atoms with Crippen LogP contribution in [0, 0.1) is 5.92 Å². The Morgan fingerprint density at radius 2 is 2.00 bits per heavy atom. The highest BCUT2D eigenvalue weighted by molar-refractivity contribution is 7.92. The van der Waals surface area contributed by atoms with Gasteiger partial charge in [-0.25, -0.2) is 18.4 Å². The van der Waals surface area contributed by atoms with Crippen molar-refractivity contribution in [3.63, 3.8) is 0 Å². The first kappa shape index (κ1) is 25.1. The molecular weight excluding hydrogens is 516 g/mol. The molecule has 1 atom stereocenters. The summed E-state index contributed by atoms with van der Waals surface area (Å²) in [5.74, 6) is 1.06. The molecule has 12 heteroatoms. The highest BCUT2D eigenvalue weighted by Gasteiger charge is 2.22. The zero-order valence-electron chi connectivity index (χ0n) is 22.3. The third kappa shape index (κ3) is 4.87. The highest BCUT2D eigenvalue weighted by atomic mass is 32.2. The van der Waals surface area contributed by atoms with Crippen molar-refractivity contribution in [2.75, 3.05) is 24.4 Å². The van der Waals surface area contributed by atoms with Gasteiger partial charge in [0.15, 0.2) is 0 Å². The summed E-state index contributed by atoms with van der Waals surface area (Å²) >= 11 is 0. The van der Waals surface area contributed by atoms with Crippen LogP contribution in [0.15, 0.2) is 53.2 Å². The average Bonchev–Trinajstić information content (AvgIpc) is 3.58. The fraction of sp³-hybridized carbons (Fsp3) is 0.333. The van der Waals surface area contributed by atoms with Crippen LogP contribution in [0.25, 0.3) is 27.8 Å². The molecule has 4 aromatic heterocycles. The molecule has 2 bridgehead atoms. The molecule has 1 aliphatic rings. The Bertz CT molecular complexity index is 1850. The topological polar surface area (TPSA) is 121 Å². The molecule has 0 radical (unpaired) electrons. The number of imidazole rings is 1. The van der Waals surface area contributed by atoms with Crippen LogP contribution in [0.1, 0.15) is 30.1 Å². The first-order valence-corrected chi connectivity index (χ1v) is 15.1. The van der Waals surface area contributed by atoms with Gasteiger partial charge in [-0.1, -0.05) is 6.92 Å². The van der Waals surface area contributed by atoms with E-state index in [4.69, 9.17) is 9.72 Å². The Morgan fingerprint density at radius 3 is 2.82 bits per heavy atom. The largest absolute Gasteiger partial charge is 0.477 e. The number of anilines is 1. The molecule has 0 aliphatic carbocycles. The number of benzene rings is 1. The molecule has 0 saturated carbocycles. The standard InChI is InChI=1S/C27H30N8O3S/c1-17-6-5-11-38-26-21(15-29-33(26)2)23-13-18(12-20-9-10-28-35(20)23)25(36)31-27-30-22-8-7-19(32-39(3,4)37)14-24(22)34(27)16-17/h7-10,12-15,17H,5-6,11,16H2,1-4H3,(H,30,31,36). The summed E-state index contributed by atoms with van der Waals surface area (Å²) in [6, 6.07) is 11.0. The molecule has 202 valence electrons. The van der Waals surface area contributed by atoms with E-state index < -0.39 is 9.73 Å². The van der Waals surface area contributed by atoms with Crippen molar-refractivity contribution in [3.8, 4) is 17.1 Å². The van der Waals surface area contributed by atoms with Gasteiger partial charge in [0, 0.05) is 41.4 Å². The summed E-state index contributed by atoms with van der Waals surface area (Å²) in [6.07, 6.45) is 8.39. The van der Waals surface area contributed by atoms with E-state index in [9.17, 15) is 9.00 Å². The maximum absolute atomic E-state index is 13.7. The lowest BCUT2D eigenvalue weighted by Gasteiger charge is -2.16. The minimum Gasteiger partial charge on any atom is -0.477 e. The number of aryl methyl sites for hydroxylation is 1. The fourth-order valence-corrected chi connectivity index (χ4v) is 5.63. The van der Waals surface area contributed by atoms with Gasteiger partial charge in [-0.15, -0.1) is 0 Å². The van der Waals surface area contributed by atoms with E-state index in [1.54, 1.807) is 52.3 Å². The lowest BCUT2D eigenvalue weighted by molar-refractivity contribution is 0.102. The van der Waals surface area contributed by atoms with Gasteiger partial charge in [-0.2, -0.15) is 14.6 Å². The minimum atomic E-state index is -2.33. The van der Waals surface area contributed by atoms with E-state index >= 15 is 0 Å². The lowest BCUT2D eigenvalue weighted by atomic mass is 10.1. The molecule has 1 aliphatic heterocycles. The molecule has 39 heavy (non-hydrogen) atoms. The van der Waals surface area contributed by atoms with Crippen molar-refractivity contribution in [1.29, 1.82) is 0 Å². The molecule has 0 saturated heterocycles. The average molecular weight is 547 g/mol. The minimum absolute atomic E-state index is 0.268. The first-order chi connectivity index (χ1) is 18.7. The number of rotatable bonds is 1. The zero-order chi connectivity index (χ0) is 27.3. The number of nitrogens with one attached hydrogen (secondary N) is 1. The number of hydrogen-bond acceptors (Lipinski definition) is 7. The highest BCUT2D eigenvalue weighted by Crippen LogP contribution is 2.32. The third-order valence-electron chi connectivity index (χ3n) is 6.77. The summed E-state index contributed by atoms with van der Waals surface area (Å²) in [5.41, 5.74) is 4.87. The monoisotopic (exact) mass is 546 g/mol. The fourth-order valence-electron chi connectivity index (χ4n) is 5.01. The molecule has 1 unspecified atom stereocenters. The number of ether oxygens (including phenoxy) is 1. The molecule has 6 rings (SSSR count). The van der Waals surface area contributed by atoms with Gasteiger partial charge >= 0.3 is 0 Å². The van der Waals surface area contributed by atoms with Gasteiger partial charge in [-0.3, -0.25) is 10.1 Å². The lowest BCUT2D eigenvalue weighted by Crippen LogP contribution is -2.18. The van der Waals surface area contributed by atoms with Crippen molar-refractivity contribution in [3.05, 3.63) is 54.4 Å². The first-order valence-electron chi connectivity index (χ1n) is 12.8. The quantitative estimate of drug-likeness (QED) is 0.330. The van der Waals surface area contributed by atoms with E-state index in [2.05, 4.69) is 26.8 Å². The van der Waals surface area contributed by atoms with Gasteiger partial charge in [0.25, 0.3) is 5.91 Å². The Morgan fingerprint density at radius 1 is 1.15 bits per heavy atom. The second-order valence-electron chi connectivity index (χ2n) is 10.3. The Kier molecular flexibility index (Phi) is 6.13. The van der Waals surface area contributed by atoms with Crippen molar-refractivity contribution >= 4 is 43.8 Å². The summed E-state index contributed by atoms with van der Waals surface area (Å²) in [5, 5.41) is 11.9. The normalized spacial score (nSPS) is 16.6. The third-order valence-corrected chi connectivity index (χ3v) is 7.43. The van der Waals surface area contributed by atoms with E-state index in [0.29, 0.717) is 41.9 Å². The summed E-state index contributed by atoms with van der Waals surface area (Å²) < 4.78 is 28.4. The van der Waals surface area contributed by atoms with E-state index in [1.165, 1.54) is 0 Å². The van der Waals surface area contributed by atoms with Crippen LogP contribution in [-0.2, 0) is 23.3 Å². The SMILES string of the molecule is CC1CCCOc2c(cnn2C)-c2cc(cc3ccnn23)C(=O)Nc2nc3ccc(N=S(C)(C)=O)cc3n2C1. The van der Waals surface area contributed by atoms with Gasteiger partial charge in [-0.05, 0) is 55.2 Å². The predicted octanol–water partition coefficient (Wildman–Crippen LogP) is 4.50. The van der Waals surface area contributed by atoms with E-state index in [-0.39, 0.29) is 11.8 Å². The zero-order valence-corrected chi connectivity index (χ0v) is 23.1. The number of aromatic nitrogens is 6.